The summed E-state index contributed by atoms with van der Waals surface area (Å²) in [4.78, 5) is 13.2. The van der Waals surface area contributed by atoms with Crippen LogP contribution in [0, 0.1) is 0 Å². The zero-order valence-electron chi connectivity index (χ0n) is 11.0. The Balaban J connectivity index is 2.44. The molecule has 1 aromatic rings. The van der Waals surface area contributed by atoms with E-state index in [1.807, 2.05) is 18.2 Å². The molecule has 1 aromatic carbocycles. The van der Waals surface area contributed by atoms with Crippen molar-refractivity contribution in [3.8, 4) is 5.75 Å². The van der Waals surface area contributed by atoms with E-state index in [2.05, 4.69) is 18.7 Å². The van der Waals surface area contributed by atoms with Crippen LogP contribution in [-0.2, 0) is 4.79 Å². The lowest BCUT2D eigenvalue weighted by Crippen LogP contribution is -2.29. The van der Waals surface area contributed by atoms with E-state index in [-0.39, 0.29) is 12.3 Å². The molecule has 1 aliphatic heterocycles. The van der Waals surface area contributed by atoms with Gasteiger partial charge >= 0.3 is 5.97 Å². The third-order valence-corrected chi connectivity index (χ3v) is 3.44. The predicted molar refractivity (Wildman–Crippen MR) is 70.5 cm³/mol. The second-order valence-electron chi connectivity index (χ2n) is 4.93. The molecule has 1 heterocycles. The summed E-state index contributed by atoms with van der Waals surface area (Å²) >= 11 is 0. The molecule has 0 radical (unpaired) electrons. The van der Waals surface area contributed by atoms with Crippen molar-refractivity contribution >= 4 is 11.7 Å². The zero-order valence-corrected chi connectivity index (χ0v) is 11.0. The minimum atomic E-state index is -0.762. The first-order valence-corrected chi connectivity index (χ1v) is 6.20. The van der Waals surface area contributed by atoms with Crippen LogP contribution in [-0.4, -0.2) is 30.8 Å². The topological polar surface area (TPSA) is 49.8 Å². The van der Waals surface area contributed by atoms with E-state index >= 15 is 0 Å². The van der Waals surface area contributed by atoms with Crippen LogP contribution in [0.25, 0.3) is 0 Å². The Hall–Kier alpha value is -1.71. The van der Waals surface area contributed by atoms with E-state index in [1.165, 1.54) is 0 Å². The quantitative estimate of drug-likeness (QED) is 0.890. The molecule has 0 bridgehead atoms. The van der Waals surface area contributed by atoms with Gasteiger partial charge in [-0.25, -0.2) is 0 Å². The van der Waals surface area contributed by atoms with Crippen LogP contribution in [0.15, 0.2) is 18.2 Å². The van der Waals surface area contributed by atoms with E-state index in [0.29, 0.717) is 6.04 Å². The summed E-state index contributed by atoms with van der Waals surface area (Å²) in [5.41, 5.74) is 2.15. The molecule has 0 saturated carbocycles. The minimum Gasteiger partial charge on any atom is -0.496 e. The van der Waals surface area contributed by atoms with Crippen molar-refractivity contribution < 1.29 is 14.6 Å². The smallest absolute Gasteiger partial charge is 0.304 e. The number of hydrogen-bond acceptors (Lipinski definition) is 3. The van der Waals surface area contributed by atoms with E-state index < -0.39 is 5.97 Å². The monoisotopic (exact) mass is 249 g/mol. The fraction of sp³-hybridized carbons (Fsp3) is 0.500. The Bertz CT molecular complexity index is 456. The van der Waals surface area contributed by atoms with Gasteiger partial charge in [0.15, 0.2) is 0 Å². The second-order valence-corrected chi connectivity index (χ2v) is 4.93. The average molecular weight is 249 g/mol. The highest BCUT2D eigenvalue weighted by molar-refractivity contribution is 5.73. The Morgan fingerprint density at radius 1 is 1.56 bits per heavy atom. The van der Waals surface area contributed by atoms with Crippen LogP contribution in [0.5, 0.6) is 5.75 Å². The minimum absolute atomic E-state index is 0.0102. The molecule has 1 unspecified atom stereocenters. The van der Waals surface area contributed by atoms with Gasteiger partial charge in [0.2, 0.25) is 0 Å². The Labute approximate surface area is 107 Å². The van der Waals surface area contributed by atoms with Gasteiger partial charge in [0.1, 0.15) is 5.75 Å². The van der Waals surface area contributed by atoms with Crippen molar-refractivity contribution in [2.45, 2.75) is 32.2 Å². The van der Waals surface area contributed by atoms with Gasteiger partial charge in [0.25, 0.3) is 0 Å². The lowest BCUT2D eigenvalue weighted by molar-refractivity contribution is -0.137. The van der Waals surface area contributed by atoms with Crippen LogP contribution in [0.2, 0.25) is 0 Å². The number of methoxy groups -OCH3 is 1. The predicted octanol–water partition coefficient (Wildman–Crippen LogP) is 2.48. The fourth-order valence-electron chi connectivity index (χ4n) is 2.66. The number of hydrogen-bond donors (Lipinski definition) is 1. The SMILES string of the molecule is COc1cccc2c1C(CC(=O)O)CN2C(C)C. The van der Waals surface area contributed by atoms with Crippen molar-refractivity contribution in [1.29, 1.82) is 0 Å². The molecule has 18 heavy (non-hydrogen) atoms. The van der Waals surface area contributed by atoms with Gasteiger partial charge in [-0.2, -0.15) is 0 Å². The fourth-order valence-corrected chi connectivity index (χ4v) is 2.66. The molecule has 1 N–H and O–H groups in total. The molecule has 1 aliphatic rings. The van der Waals surface area contributed by atoms with Gasteiger partial charge in [-0.3, -0.25) is 4.79 Å². The number of carboxylic acid groups (broad SMARTS) is 1. The zero-order chi connectivity index (χ0) is 13.3. The van der Waals surface area contributed by atoms with E-state index in [4.69, 9.17) is 9.84 Å². The Kier molecular flexibility index (Phi) is 3.45. The van der Waals surface area contributed by atoms with Crippen LogP contribution in [0.1, 0.15) is 31.7 Å². The van der Waals surface area contributed by atoms with Crippen molar-refractivity contribution in [2.24, 2.45) is 0 Å². The van der Waals surface area contributed by atoms with Gasteiger partial charge in [0.05, 0.1) is 13.5 Å². The average Bonchev–Trinajstić information content (AvgIpc) is 2.67. The Morgan fingerprint density at radius 2 is 2.28 bits per heavy atom. The number of fused-ring (bicyclic) bond motifs is 1. The van der Waals surface area contributed by atoms with Gasteiger partial charge in [-0.05, 0) is 26.0 Å². The summed E-state index contributed by atoms with van der Waals surface area (Å²) in [5, 5.41) is 9.03. The van der Waals surface area contributed by atoms with Crippen LogP contribution < -0.4 is 9.64 Å². The summed E-state index contributed by atoms with van der Waals surface area (Å²) in [6, 6.07) is 6.25. The molecular formula is C14H19NO3. The molecule has 98 valence electrons. The van der Waals surface area contributed by atoms with Gasteiger partial charge < -0.3 is 14.7 Å². The number of ether oxygens (including phenoxy) is 1. The van der Waals surface area contributed by atoms with Crippen LogP contribution in [0.3, 0.4) is 0 Å². The van der Waals surface area contributed by atoms with Crippen molar-refractivity contribution in [3.63, 3.8) is 0 Å². The van der Waals surface area contributed by atoms with Crippen molar-refractivity contribution in [3.05, 3.63) is 23.8 Å². The largest absolute Gasteiger partial charge is 0.496 e. The molecule has 0 spiro atoms. The first kappa shape index (κ1) is 12.7. The summed E-state index contributed by atoms with van der Waals surface area (Å²) in [7, 11) is 1.63. The molecule has 4 nitrogen and oxygen atoms in total. The highest BCUT2D eigenvalue weighted by atomic mass is 16.5. The summed E-state index contributed by atoms with van der Waals surface area (Å²) in [5.74, 6) is 0.0420. The molecular weight excluding hydrogens is 230 g/mol. The molecule has 0 saturated heterocycles. The van der Waals surface area contributed by atoms with Crippen LogP contribution in [0.4, 0.5) is 5.69 Å². The standard InChI is InChI=1S/C14H19NO3/c1-9(2)15-8-10(7-13(16)17)14-11(15)5-4-6-12(14)18-3/h4-6,9-10H,7-8H2,1-3H3,(H,16,17). The number of carbonyl (C=O) groups is 1. The first-order valence-electron chi connectivity index (χ1n) is 6.20. The summed E-state index contributed by atoms with van der Waals surface area (Å²) in [6.45, 7) is 4.98. The third-order valence-electron chi connectivity index (χ3n) is 3.44. The molecule has 0 amide bonds. The second kappa shape index (κ2) is 4.88. The number of rotatable bonds is 4. The molecule has 2 rings (SSSR count). The van der Waals surface area contributed by atoms with E-state index in [1.54, 1.807) is 7.11 Å². The summed E-state index contributed by atoms with van der Waals surface area (Å²) in [6.07, 6.45) is 0.149. The van der Waals surface area contributed by atoms with Gasteiger partial charge in [-0.15, -0.1) is 0 Å². The lowest BCUT2D eigenvalue weighted by Gasteiger charge is -2.24. The number of anilines is 1. The van der Waals surface area contributed by atoms with Gasteiger partial charge in [-0.1, -0.05) is 6.07 Å². The molecule has 0 aliphatic carbocycles. The molecule has 1 atom stereocenters. The number of nitrogens with zero attached hydrogens (tertiary/aromatic N) is 1. The molecule has 0 fully saturated rings. The third kappa shape index (κ3) is 2.15. The van der Waals surface area contributed by atoms with Gasteiger partial charge in [0, 0.05) is 29.8 Å². The maximum absolute atomic E-state index is 11.0. The molecule has 0 aromatic heterocycles. The van der Waals surface area contributed by atoms with E-state index in [9.17, 15) is 4.79 Å². The number of carboxylic acids is 1. The maximum atomic E-state index is 11.0. The maximum Gasteiger partial charge on any atom is 0.304 e. The summed E-state index contributed by atoms with van der Waals surface area (Å²) < 4.78 is 5.38. The van der Waals surface area contributed by atoms with Crippen molar-refractivity contribution in [1.82, 2.24) is 0 Å². The lowest BCUT2D eigenvalue weighted by atomic mass is 9.97. The van der Waals surface area contributed by atoms with Crippen LogP contribution >= 0.6 is 0 Å². The van der Waals surface area contributed by atoms with E-state index in [0.717, 1.165) is 23.5 Å². The Morgan fingerprint density at radius 3 is 2.83 bits per heavy atom. The highest BCUT2D eigenvalue weighted by Crippen LogP contribution is 2.44. The molecule has 4 heteroatoms. The normalized spacial score (nSPS) is 18.0. The first-order chi connectivity index (χ1) is 8.54. The number of aliphatic carboxylic acids is 1. The van der Waals surface area contributed by atoms with Crippen molar-refractivity contribution in [2.75, 3.05) is 18.6 Å². The highest BCUT2D eigenvalue weighted by Gasteiger charge is 2.33. The number of benzene rings is 1.